The Morgan fingerprint density at radius 1 is 1.10 bits per heavy atom. The lowest BCUT2D eigenvalue weighted by Crippen LogP contribution is -2.23. The van der Waals surface area contributed by atoms with Crippen LogP contribution >= 0.6 is 12.4 Å². The summed E-state index contributed by atoms with van der Waals surface area (Å²) in [7, 11) is 0. The van der Waals surface area contributed by atoms with Crippen molar-refractivity contribution in [3.8, 4) is 5.75 Å². The van der Waals surface area contributed by atoms with Crippen LogP contribution in [0.5, 0.6) is 5.75 Å². The Bertz CT molecular complexity index is 543. The maximum absolute atomic E-state index is 11.8. The van der Waals surface area contributed by atoms with Crippen molar-refractivity contribution in [1.82, 2.24) is 0 Å². The van der Waals surface area contributed by atoms with Crippen LogP contribution in [0.15, 0.2) is 54.6 Å². The molecule has 0 aliphatic carbocycles. The second kappa shape index (κ2) is 7.53. The highest BCUT2D eigenvalue weighted by atomic mass is 35.5. The van der Waals surface area contributed by atoms with Gasteiger partial charge in [-0.2, -0.15) is 0 Å². The topological polar surface area (TPSA) is 72.6 Å². The van der Waals surface area contributed by atoms with Crippen LogP contribution in [0, 0.1) is 0 Å². The van der Waals surface area contributed by atoms with Crippen molar-refractivity contribution >= 4 is 18.4 Å². The Kier molecular flexibility index (Phi) is 6.03. The molecule has 0 fully saturated rings. The summed E-state index contributed by atoms with van der Waals surface area (Å²) in [5, 5.41) is 9.17. The number of phenols is 1. The van der Waals surface area contributed by atoms with Gasteiger partial charge in [0.1, 0.15) is 18.4 Å². The summed E-state index contributed by atoms with van der Waals surface area (Å²) in [5.74, 6) is -0.358. The van der Waals surface area contributed by atoms with E-state index < -0.39 is 12.0 Å². The largest absolute Gasteiger partial charge is 0.508 e. The molecule has 3 N–H and O–H groups in total. The van der Waals surface area contributed by atoms with Gasteiger partial charge >= 0.3 is 5.97 Å². The van der Waals surface area contributed by atoms with E-state index in [9.17, 15) is 9.90 Å². The van der Waals surface area contributed by atoms with Crippen LogP contribution in [0.1, 0.15) is 17.2 Å². The van der Waals surface area contributed by atoms with Crippen LogP contribution in [-0.2, 0) is 16.1 Å². The molecule has 0 aliphatic heterocycles. The molecule has 4 nitrogen and oxygen atoms in total. The summed E-state index contributed by atoms with van der Waals surface area (Å²) >= 11 is 0. The summed E-state index contributed by atoms with van der Waals surface area (Å²) in [4.78, 5) is 11.8. The predicted octanol–water partition coefficient (Wildman–Crippen LogP) is 2.56. The van der Waals surface area contributed by atoms with E-state index in [2.05, 4.69) is 0 Å². The van der Waals surface area contributed by atoms with E-state index in [-0.39, 0.29) is 24.8 Å². The van der Waals surface area contributed by atoms with Crippen LogP contribution in [0.4, 0.5) is 0 Å². The number of ether oxygens (including phenoxy) is 1. The fourth-order valence-electron chi connectivity index (χ4n) is 1.64. The third kappa shape index (κ3) is 4.26. The maximum Gasteiger partial charge on any atom is 0.327 e. The smallest absolute Gasteiger partial charge is 0.327 e. The molecule has 0 aliphatic rings. The summed E-state index contributed by atoms with van der Waals surface area (Å²) < 4.78 is 5.15. The number of carbonyl (C=O) groups excluding carboxylic acids is 1. The molecule has 0 unspecified atom stereocenters. The molecule has 2 aromatic rings. The number of aromatic hydroxyl groups is 1. The molecule has 20 heavy (non-hydrogen) atoms. The van der Waals surface area contributed by atoms with Gasteiger partial charge in [0.25, 0.3) is 0 Å². The Hall–Kier alpha value is -2.04. The van der Waals surface area contributed by atoms with Crippen LogP contribution in [-0.4, -0.2) is 11.1 Å². The van der Waals surface area contributed by atoms with Crippen molar-refractivity contribution in [1.29, 1.82) is 0 Å². The second-order valence-corrected chi connectivity index (χ2v) is 4.16. The van der Waals surface area contributed by atoms with Crippen molar-refractivity contribution in [3.05, 3.63) is 65.7 Å². The normalized spacial score (nSPS) is 11.2. The fraction of sp³-hybridized carbons (Fsp3) is 0.133. The molecular formula is C15H16ClNO3. The molecule has 0 bridgehead atoms. The third-order valence-corrected chi connectivity index (χ3v) is 2.73. The van der Waals surface area contributed by atoms with Crippen molar-refractivity contribution < 1.29 is 14.6 Å². The van der Waals surface area contributed by atoms with Crippen molar-refractivity contribution in [2.24, 2.45) is 5.73 Å². The van der Waals surface area contributed by atoms with Crippen LogP contribution in [0.25, 0.3) is 0 Å². The summed E-state index contributed by atoms with van der Waals surface area (Å²) in [6.45, 7) is 0.200. The first-order valence-corrected chi connectivity index (χ1v) is 5.92. The first-order chi connectivity index (χ1) is 9.16. The summed E-state index contributed by atoms with van der Waals surface area (Å²) in [5.41, 5.74) is 7.31. The first-order valence-electron chi connectivity index (χ1n) is 5.92. The predicted molar refractivity (Wildman–Crippen MR) is 78.5 cm³/mol. The monoisotopic (exact) mass is 293 g/mol. The first kappa shape index (κ1) is 16.0. The molecule has 0 radical (unpaired) electrons. The quantitative estimate of drug-likeness (QED) is 0.850. The number of esters is 1. The number of rotatable bonds is 4. The molecule has 0 saturated carbocycles. The number of nitrogens with two attached hydrogens (primary N) is 1. The molecule has 0 amide bonds. The van der Waals surface area contributed by atoms with Crippen LogP contribution < -0.4 is 5.73 Å². The van der Waals surface area contributed by atoms with Gasteiger partial charge < -0.3 is 15.6 Å². The van der Waals surface area contributed by atoms with Crippen LogP contribution in [0.2, 0.25) is 0 Å². The van der Waals surface area contributed by atoms with E-state index in [0.717, 1.165) is 5.56 Å². The lowest BCUT2D eigenvalue weighted by molar-refractivity contribution is -0.146. The van der Waals surface area contributed by atoms with Gasteiger partial charge in [-0.3, -0.25) is 0 Å². The zero-order valence-electron chi connectivity index (χ0n) is 10.7. The molecule has 1 atom stereocenters. The van der Waals surface area contributed by atoms with E-state index in [0.29, 0.717) is 5.56 Å². The van der Waals surface area contributed by atoms with Gasteiger partial charge in [-0.05, 0) is 23.3 Å². The van der Waals surface area contributed by atoms with Gasteiger partial charge in [0, 0.05) is 0 Å². The molecule has 0 spiro atoms. The summed E-state index contributed by atoms with van der Waals surface area (Å²) in [6, 6.07) is 14.7. The Balaban J connectivity index is 0.00000200. The number of hydrogen-bond donors (Lipinski definition) is 2. The molecule has 0 aromatic heterocycles. The minimum atomic E-state index is -0.843. The molecule has 2 aromatic carbocycles. The maximum atomic E-state index is 11.8. The van der Waals surface area contributed by atoms with E-state index in [1.807, 2.05) is 30.3 Å². The Morgan fingerprint density at radius 3 is 2.30 bits per heavy atom. The highest BCUT2D eigenvalue weighted by Crippen LogP contribution is 2.16. The zero-order chi connectivity index (χ0) is 13.7. The number of halogens is 1. The highest BCUT2D eigenvalue weighted by Gasteiger charge is 2.17. The second-order valence-electron chi connectivity index (χ2n) is 4.16. The highest BCUT2D eigenvalue weighted by molar-refractivity contribution is 5.85. The molecule has 106 valence electrons. The molecule has 0 heterocycles. The van der Waals surface area contributed by atoms with E-state index in [1.165, 1.54) is 12.1 Å². The summed E-state index contributed by atoms with van der Waals surface area (Å²) in [6.07, 6.45) is 0. The zero-order valence-corrected chi connectivity index (χ0v) is 11.5. The van der Waals surface area contributed by atoms with Crippen LogP contribution in [0.3, 0.4) is 0 Å². The lowest BCUT2D eigenvalue weighted by atomic mass is 10.1. The van der Waals surface area contributed by atoms with Gasteiger partial charge in [-0.1, -0.05) is 42.5 Å². The molecule has 5 heteroatoms. The fourth-order valence-corrected chi connectivity index (χ4v) is 1.64. The van der Waals surface area contributed by atoms with Gasteiger partial charge in [0.15, 0.2) is 0 Å². The van der Waals surface area contributed by atoms with Gasteiger partial charge in [-0.25, -0.2) is 4.79 Å². The Morgan fingerprint density at radius 2 is 1.70 bits per heavy atom. The van der Waals surface area contributed by atoms with Crippen molar-refractivity contribution in [3.63, 3.8) is 0 Å². The SMILES string of the molecule is Cl.N[C@H](C(=O)OCc1ccccc1)c1ccc(O)cc1. The Labute approximate surface area is 123 Å². The number of benzene rings is 2. The average Bonchev–Trinajstić information content (AvgIpc) is 2.46. The lowest BCUT2D eigenvalue weighted by Gasteiger charge is -2.12. The van der Waals surface area contributed by atoms with E-state index in [4.69, 9.17) is 10.5 Å². The number of carbonyl (C=O) groups is 1. The minimum absolute atomic E-state index is 0. The molecule has 2 rings (SSSR count). The standard InChI is InChI=1S/C15H15NO3.ClH/c16-14(12-6-8-13(17)9-7-12)15(18)19-10-11-4-2-1-3-5-11;/h1-9,14,17H,10,16H2;1H/t14-;/m0./s1. The number of hydrogen-bond acceptors (Lipinski definition) is 4. The minimum Gasteiger partial charge on any atom is -0.508 e. The van der Waals surface area contributed by atoms with Crippen molar-refractivity contribution in [2.45, 2.75) is 12.6 Å². The van der Waals surface area contributed by atoms with Gasteiger partial charge in [0.05, 0.1) is 0 Å². The average molecular weight is 294 g/mol. The number of phenolic OH excluding ortho intramolecular Hbond substituents is 1. The third-order valence-electron chi connectivity index (χ3n) is 2.73. The molecular weight excluding hydrogens is 278 g/mol. The van der Waals surface area contributed by atoms with Gasteiger partial charge in [-0.15, -0.1) is 12.4 Å². The molecule has 0 saturated heterocycles. The van der Waals surface area contributed by atoms with E-state index >= 15 is 0 Å². The van der Waals surface area contributed by atoms with Gasteiger partial charge in [0.2, 0.25) is 0 Å². The van der Waals surface area contributed by atoms with Crippen molar-refractivity contribution in [2.75, 3.05) is 0 Å². The van der Waals surface area contributed by atoms with E-state index in [1.54, 1.807) is 12.1 Å².